The Kier molecular flexibility index (Phi) is 4.76. The Morgan fingerprint density at radius 1 is 1.31 bits per heavy atom. The zero-order chi connectivity index (χ0) is 9.52. The second-order valence-corrected chi connectivity index (χ2v) is 4.22. The van der Waals surface area contributed by atoms with Crippen molar-refractivity contribution < 1.29 is 5.11 Å². The predicted octanol–water partition coefficient (Wildman–Crippen LogP) is 3.67. The average molecular weight is 196 g/mol. The largest absolute Gasteiger partial charge is 0.508 e. The highest BCUT2D eigenvalue weighted by Gasteiger charge is 1.94. The molecule has 0 heterocycles. The summed E-state index contributed by atoms with van der Waals surface area (Å²) in [4.78, 5) is 1.16. The zero-order valence-corrected chi connectivity index (χ0v) is 8.81. The van der Waals surface area contributed by atoms with E-state index in [4.69, 9.17) is 0 Å². The number of phenolic OH excluding ortho intramolecular Hbond substituents is 1. The van der Waals surface area contributed by atoms with Crippen LogP contribution in [0.5, 0.6) is 5.75 Å². The van der Waals surface area contributed by atoms with E-state index >= 15 is 0 Å². The lowest BCUT2D eigenvalue weighted by Crippen LogP contribution is -1.79. The Morgan fingerprint density at radius 2 is 2.15 bits per heavy atom. The monoisotopic (exact) mass is 196 g/mol. The lowest BCUT2D eigenvalue weighted by atomic mass is 10.3. The molecule has 0 radical (unpaired) electrons. The normalized spacial score (nSPS) is 10.2. The van der Waals surface area contributed by atoms with Crippen LogP contribution in [0.25, 0.3) is 0 Å². The third-order valence-electron chi connectivity index (χ3n) is 1.83. The average Bonchev–Trinajstić information content (AvgIpc) is 2.13. The summed E-state index contributed by atoms with van der Waals surface area (Å²) in [5.74, 6) is 1.51. The van der Waals surface area contributed by atoms with Gasteiger partial charge in [0.05, 0.1) is 0 Å². The van der Waals surface area contributed by atoms with Crippen molar-refractivity contribution in [2.45, 2.75) is 31.1 Å². The molecular formula is C11H16OS. The van der Waals surface area contributed by atoms with Crippen LogP contribution in [0, 0.1) is 0 Å². The number of phenols is 1. The third kappa shape index (κ3) is 4.23. The summed E-state index contributed by atoms with van der Waals surface area (Å²) in [5, 5.41) is 9.20. The summed E-state index contributed by atoms with van der Waals surface area (Å²) < 4.78 is 0. The Bertz CT molecular complexity index is 248. The van der Waals surface area contributed by atoms with Gasteiger partial charge in [-0.1, -0.05) is 25.8 Å². The van der Waals surface area contributed by atoms with Gasteiger partial charge in [0, 0.05) is 4.90 Å². The first-order valence-corrected chi connectivity index (χ1v) is 5.73. The van der Waals surface area contributed by atoms with Gasteiger partial charge in [0.15, 0.2) is 0 Å². The molecule has 0 atom stereocenters. The lowest BCUT2D eigenvalue weighted by Gasteiger charge is -2.00. The Morgan fingerprint density at radius 3 is 2.85 bits per heavy atom. The van der Waals surface area contributed by atoms with Crippen molar-refractivity contribution in [2.24, 2.45) is 0 Å². The summed E-state index contributed by atoms with van der Waals surface area (Å²) in [6.07, 6.45) is 3.82. The summed E-state index contributed by atoms with van der Waals surface area (Å²) in [6.45, 7) is 2.21. The molecule has 0 aliphatic carbocycles. The molecule has 1 N–H and O–H groups in total. The number of thioether (sulfide) groups is 1. The molecule has 13 heavy (non-hydrogen) atoms. The quantitative estimate of drug-likeness (QED) is 0.572. The first kappa shape index (κ1) is 10.5. The van der Waals surface area contributed by atoms with Crippen molar-refractivity contribution in [1.82, 2.24) is 0 Å². The van der Waals surface area contributed by atoms with Crippen molar-refractivity contribution >= 4 is 11.8 Å². The van der Waals surface area contributed by atoms with Crippen LogP contribution in [0.1, 0.15) is 26.2 Å². The van der Waals surface area contributed by atoms with Gasteiger partial charge in [-0.15, -0.1) is 11.8 Å². The minimum Gasteiger partial charge on any atom is -0.508 e. The summed E-state index contributed by atoms with van der Waals surface area (Å²) in [7, 11) is 0. The van der Waals surface area contributed by atoms with Crippen molar-refractivity contribution in [3.8, 4) is 5.75 Å². The molecule has 0 aliphatic heterocycles. The third-order valence-corrected chi connectivity index (χ3v) is 2.91. The summed E-state index contributed by atoms with van der Waals surface area (Å²) >= 11 is 1.81. The van der Waals surface area contributed by atoms with Crippen LogP contribution in [-0.2, 0) is 0 Å². The number of hydrogen-bond donors (Lipinski definition) is 1. The Hall–Kier alpha value is -0.630. The maximum absolute atomic E-state index is 9.20. The van der Waals surface area contributed by atoms with Crippen LogP contribution >= 0.6 is 11.8 Å². The van der Waals surface area contributed by atoms with E-state index in [1.54, 1.807) is 6.07 Å². The molecule has 1 rings (SSSR count). The standard InChI is InChI=1S/C11H16OS/c1-2-3-4-8-13-11-7-5-6-10(12)9-11/h5-7,9,12H,2-4,8H2,1H3. The minimum absolute atomic E-state index is 0.362. The summed E-state index contributed by atoms with van der Waals surface area (Å²) in [5.41, 5.74) is 0. The van der Waals surface area contributed by atoms with Crippen LogP contribution in [0.4, 0.5) is 0 Å². The van der Waals surface area contributed by atoms with Crippen LogP contribution in [-0.4, -0.2) is 10.9 Å². The van der Waals surface area contributed by atoms with Crippen molar-refractivity contribution in [3.05, 3.63) is 24.3 Å². The molecule has 0 fully saturated rings. The van der Waals surface area contributed by atoms with Gasteiger partial charge in [-0.2, -0.15) is 0 Å². The van der Waals surface area contributed by atoms with Crippen molar-refractivity contribution in [1.29, 1.82) is 0 Å². The fraction of sp³-hybridized carbons (Fsp3) is 0.455. The molecule has 0 saturated carbocycles. The molecule has 0 aromatic heterocycles. The molecule has 1 aromatic carbocycles. The number of aromatic hydroxyl groups is 1. The zero-order valence-electron chi connectivity index (χ0n) is 7.99. The lowest BCUT2D eigenvalue weighted by molar-refractivity contribution is 0.474. The molecule has 0 amide bonds. The van der Waals surface area contributed by atoms with E-state index in [1.165, 1.54) is 19.3 Å². The molecule has 2 heteroatoms. The van der Waals surface area contributed by atoms with Gasteiger partial charge in [0.25, 0.3) is 0 Å². The maximum Gasteiger partial charge on any atom is 0.116 e. The Labute approximate surface area is 84.2 Å². The van der Waals surface area contributed by atoms with Gasteiger partial charge < -0.3 is 5.11 Å². The van der Waals surface area contributed by atoms with Gasteiger partial charge in [-0.25, -0.2) is 0 Å². The van der Waals surface area contributed by atoms with Gasteiger partial charge in [0.2, 0.25) is 0 Å². The van der Waals surface area contributed by atoms with Crippen LogP contribution in [0.3, 0.4) is 0 Å². The molecule has 0 aliphatic rings. The molecule has 0 saturated heterocycles. The fourth-order valence-electron chi connectivity index (χ4n) is 1.12. The maximum atomic E-state index is 9.20. The van der Waals surface area contributed by atoms with E-state index in [2.05, 4.69) is 6.92 Å². The van der Waals surface area contributed by atoms with Crippen molar-refractivity contribution in [2.75, 3.05) is 5.75 Å². The second-order valence-electron chi connectivity index (χ2n) is 3.05. The predicted molar refractivity (Wildman–Crippen MR) is 58.4 cm³/mol. The van der Waals surface area contributed by atoms with E-state index < -0.39 is 0 Å². The summed E-state index contributed by atoms with van der Waals surface area (Å²) in [6, 6.07) is 7.44. The highest BCUT2D eigenvalue weighted by atomic mass is 32.2. The molecule has 1 aromatic rings. The van der Waals surface area contributed by atoms with E-state index in [9.17, 15) is 5.11 Å². The van der Waals surface area contributed by atoms with Crippen LogP contribution in [0.15, 0.2) is 29.2 Å². The number of unbranched alkanes of at least 4 members (excludes halogenated alkanes) is 2. The van der Waals surface area contributed by atoms with Gasteiger partial charge in [-0.3, -0.25) is 0 Å². The molecular weight excluding hydrogens is 180 g/mol. The highest BCUT2D eigenvalue weighted by molar-refractivity contribution is 7.99. The first-order chi connectivity index (χ1) is 6.33. The van der Waals surface area contributed by atoms with Crippen molar-refractivity contribution in [3.63, 3.8) is 0 Å². The Balaban J connectivity index is 2.28. The minimum atomic E-state index is 0.362. The molecule has 0 bridgehead atoms. The van der Waals surface area contributed by atoms with E-state index in [0.29, 0.717) is 5.75 Å². The van der Waals surface area contributed by atoms with Crippen LogP contribution < -0.4 is 0 Å². The molecule has 72 valence electrons. The molecule has 0 spiro atoms. The molecule has 1 nitrogen and oxygen atoms in total. The van der Waals surface area contributed by atoms with Gasteiger partial charge >= 0.3 is 0 Å². The van der Waals surface area contributed by atoms with Gasteiger partial charge in [0.1, 0.15) is 5.75 Å². The molecule has 0 unspecified atom stereocenters. The fourth-order valence-corrected chi connectivity index (χ4v) is 2.08. The van der Waals surface area contributed by atoms with E-state index in [-0.39, 0.29) is 0 Å². The highest BCUT2D eigenvalue weighted by Crippen LogP contribution is 2.22. The second kappa shape index (κ2) is 5.92. The first-order valence-electron chi connectivity index (χ1n) is 4.74. The smallest absolute Gasteiger partial charge is 0.116 e. The topological polar surface area (TPSA) is 20.2 Å². The van der Waals surface area contributed by atoms with Crippen LogP contribution in [0.2, 0.25) is 0 Å². The number of rotatable bonds is 5. The number of hydrogen-bond acceptors (Lipinski definition) is 2. The van der Waals surface area contributed by atoms with E-state index in [0.717, 1.165) is 10.6 Å². The van der Waals surface area contributed by atoms with Gasteiger partial charge in [-0.05, 0) is 30.4 Å². The number of benzene rings is 1. The SMILES string of the molecule is CCCCCSc1cccc(O)c1. The van der Waals surface area contributed by atoms with E-state index in [1.807, 2.05) is 30.0 Å².